The second-order valence-electron chi connectivity index (χ2n) is 2.57. The predicted octanol–water partition coefficient (Wildman–Crippen LogP) is -0.887. The van der Waals surface area contributed by atoms with Crippen LogP contribution in [0.25, 0.3) is 0 Å². The van der Waals surface area contributed by atoms with Crippen LogP contribution in [-0.2, 0) is 14.3 Å². The molecule has 0 aromatic carbocycles. The Balaban J connectivity index is 3.27. The predicted molar refractivity (Wildman–Crippen MR) is 49.4 cm³/mol. The molecular formula is C8H18N2O3. The number of hydrogen-bond acceptors (Lipinski definition) is 4. The zero-order valence-corrected chi connectivity index (χ0v) is 8.21. The number of carbonyl (C=O) groups is 1. The van der Waals surface area contributed by atoms with E-state index in [1.807, 2.05) is 0 Å². The molecule has 78 valence electrons. The Morgan fingerprint density at radius 1 is 1.54 bits per heavy atom. The van der Waals surface area contributed by atoms with Crippen LogP contribution >= 0.6 is 0 Å². The molecule has 0 saturated heterocycles. The van der Waals surface area contributed by atoms with Crippen molar-refractivity contribution in [2.45, 2.75) is 13.0 Å². The Bertz CT molecular complexity index is 141. The average molecular weight is 190 g/mol. The lowest BCUT2D eigenvalue weighted by molar-refractivity contribution is -0.130. The van der Waals surface area contributed by atoms with Crippen LogP contribution in [0.5, 0.6) is 0 Å². The summed E-state index contributed by atoms with van der Waals surface area (Å²) in [5.74, 6) is -0.126. The van der Waals surface area contributed by atoms with Crippen LogP contribution in [0.3, 0.4) is 0 Å². The first kappa shape index (κ1) is 12.3. The smallest absolute Gasteiger partial charge is 0.248 e. The van der Waals surface area contributed by atoms with Gasteiger partial charge in [0, 0.05) is 20.2 Å². The molecule has 0 aromatic heterocycles. The molecule has 0 fully saturated rings. The number of carbonyl (C=O) groups excluding carboxylic acids is 1. The summed E-state index contributed by atoms with van der Waals surface area (Å²) in [5.41, 5.74) is 5.21. The molecule has 0 aliphatic rings. The lowest BCUT2D eigenvalue weighted by atomic mass is 10.4. The van der Waals surface area contributed by atoms with Crippen LogP contribution in [-0.4, -0.2) is 45.4 Å². The van der Waals surface area contributed by atoms with Gasteiger partial charge in [0.25, 0.3) is 0 Å². The van der Waals surface area contributed by atoms with E-state index in [1.54, 1.807) is 6.92 Å². The van der Waals surface area contributed by atoms with E-state index < -0.39 is 6.10 Å². The van der Waals surface area contributed by atoms with Crippen molar-refractivity contribution in [1.82, 2.24) is 5.32 Å². The van der Waals surface area contributed by atoms with Gasteiger partial charge in [0.1, 0.15) is 6.10 Å². The summed E-state index contributed by atoms with van der Waals surface area (Å²) >= 11 is 0. The van der Waals surface area contributed by atoms with Crippen LogP contribution in [0.4, 0.5) is 0 Å². The average Bonchev–Trinajstić information content (AvgIpc) is 2.16. The van der Waals surface area contributed by atoms with Gasteiger partial charge in [-0.2, -0.15) is 0 Å². The molecule has 1 atom stereocenters. The molecule has 5 heteroatoms. The second-order valence-corrected chi connectivity index (χ2v) is 2.57. The first-order valence-electron chi connectivity index (χ1n) is 4.30. The van der Waals surface area contributed by atoms with Gasteiger partial charge in [-0.25, -0.2) is 0 Å². The molecule has 5 nitrogen and oxygen atoms in total. The number of ether oxygens (including phenoxy) is 2. The van der Waals surface area contributed by atoms with Gasteiger partial charge in [0.15, 0.2) is 0 Å². The lowest BCUT2D eigenvalue weighted by Crippen LogP contribution is -2.36. The Morgan fingerprint density at radius 3 is 2.77 bits per heavy atom. The lowest BCUT2D eigenvalue weighted by Gasteiger charge is -2.10. The molecule has 13 heavy (non-hydrogen) atoms. The van der Waals surface area contributed by atoms with Crippen LogP contribution < -0.4 is 11.1 Å². The fourth-order valence-electron chi connectivity index (χ4n) is 0.683. The molecule has 0 aliphatic carbocycles. The molecule has 0 radical (unpaired) electrons. The Morgan fingerprint density at radius 2 is 2.23 bits per heavy atom. The van der Waals surface area contributed by atoms with Crippen molar-refractivity contribution in [3.05, 3.63) is 0 Å². The van der Waals surface area contributed by atoms with Crippen molar-refractivity contribution in [3.8, 4) is 0 Å². The minimum Gasteiger partial charge on any atom is -0.378 e. The first-order chi connectivity index (χ1) is 6.22. The Labute approximate surface area is 78.6 Å². The van der Waals surface area contributed by atoms with Crippen LogP contribution in [0.15, 0.2) is 0 Å². The Kier molecular flexibility index (Phi) is 7.57. The molecule has 1 amide bonds. The summed E-state index contributed by atoms with van der Waals surface area (Å²) in [6.45, 7) is 3.69. The molecule has 0 heterocycles. The van der Waals surface area contributed by atoms with Crippen molar-refractivity contribution in [1.29, 1.82) is 0 Å². The monoisotopic (exact) mass is 190 g/mol. The SMILES string of the molecule is COC(C)C(=O)NCCOCCN. The summed E-state index contributed by atoms with van der Waals surface area (Å²) < 4.78 is 9.88. The van der Waals surface area contributed by atoms with Crippen molar-refractivity contribution in [2.24, 2.45) is 5.73 Å². The summed E-state index contributed by atoms with van der Waals surface area (Å²) in [6, 6.07) is 0. The number of methoxy groups -OCH3 is 1. The van der Waals surface area contributed by atoms with Crippen molar-refractivity contribution in [2.75, 3.05) is 33.4 Å². The summed E-state index contributed by atoms with van der Waals surface area (Å²) in [6.07, 6.45) is -0.408. The number of nitrogens with one attached hydrogen (secondary N) is 1. The maximum absolute atomic E-state index is 11.1. The quantitative estimate of drug-likeness (QED) is 0.511. The third-order valence-electron chi connectivity index (χ3n) is 1.53. The highest BCUT2D eigenvalue weighted by atomic mass is 16.5. The summed E-state index contributed by atoms with van der Waals surface area (Å²) in [4.78, 5) is 11.1. The second kappa shape index (κ2) is 7.97. The van der Waals surface area contributed by atoms with Gasteiger partial charge < -0.3 is 20.5 Å². The molecule has 3 N–H and O–H groups in total. The largest absolute Gasteiger partial charge is 0.378 e. The highest BCUT2D eigenvalue weighted by Crippen LogP contribution is 1.85. The minimum atomic E-state index is -0.408. The van der Waals surface area contributed by atoms with Gasteiger partial charge in [0.05, 0.1) is 13.2 Å². The van der Waals surface area contributed by atoms with Gasteiger partial charge in [-0.3, -0.25) is 4.79 Å². The van der Waals surface area contributed by atoms with E-state index in [4.69, 9.17) is 15.2 Å². The summed E-state index contributed by atoms with van der Waals surface area (Å²) in [7, 11) is 1.50. The molecule has 0 aromatic rings. The van der Waals surface area contributed by atoms with E-state index in [0.29, 0.717) is 26.3 Å². The molecule has 0 rings (SSSR count). The molecule has 0 spiro atoms. The van der Waals surface area contributed by atoms with E-state index in [2.05, 4.69) is 5.32 Å². The van der Waals surface area contributed by atoms with Crippen molar-refractivity contribution < 1.29 is 14.3 Å². The highest BCUT2D eigenvalue weighted by molar-refractivity contribution is 5.80. The van der Waals surface area contributed by atoms with Gasteiger partial charge in [-0.05, 0) is 6.92 Å². The molecule has 0 bridgehead atoms. The third kappa shape index (κ3) is 6.51. The highest BCUT2D eigenvalue weighted by Gasteiger charge is 2.09. The third-order valence-corrected chi connectivity index (χ3v) is 1.53. The normalized spacial score (nSPS) is 12.5. The molecule has 0 aliphatic heterocycles. The topological polar surface area (TPSA) is 73.6 Å². The maximum atomic E-state index is 11.1. The number of amides is 1. The standard InChI is InChI=1S/C8H18N2O3/c1-7(12-2)8(11)10-4-6-13-5-3-9/h7H,3-6,9H2,1-2H3,(H,10,11). The first-order valence-corrected chi connectivity index (χ1v) is 4.30. The molecule has 1 unspecified atom stereocenters. The fraction of sp³-hybridized carbons (Fsp3) is 0.875. The summed E-state index contributed by atoms with van der Waals surface area (Å²) in [5, 5.41) is 2.66. The van der Waals surface area contributed by atoms with E-state index >= 15 is 0 Å². The number of rotatable bonds is 7. The van der Waals surface area contributed by atoms with E-state index in [1.165, 1.54) is 7.11 Å². The van der Waals surface area contributed by atoms with E-state index in [-0.39, 0.29) is 5.91 Å². The van der Waals surface area contributed by atoms with Gasteiger partial charge >= 0.3 is 0 Å². The molecular weight excluding hydrogens is 172 g/mol. The van der Waals surface area contributed by atoms with Gasteiger partial charge in [-0.15, -0.1) is 0 Å². The van der Waals surface area contributed by atoms with Crippen LogP contribution in [0, 0.1) is 0 Å². The zero-order chi connectivity index (χ0) is 10.1. The van der Waals surface area contributed by atoms with Gasteiger partial charge in [-0.1, -0.05) is 0 Å². The van der Waals surface area contributed by atoms with Crippen LogP contribution in [0.2, 0.25) is 0 Å². The zero-order valence-electron chi connectivity index (χ0n) is 8.21. The van der Waals surface area contributed by atoms with Crippen molar-refractivity contribution >= 4 is 5.91 Å². The minimum absolute atomic E-state index is 0.126. The van der Waals surface area contributed by atoms with E-state index in [0.717, 1.165) is 0 Å². The fourth-order valence-corrected chi connectivity index (χ4v) is 0.683. The van der Waals surface area contributed by atoms with Crippen LogP contribution in [0.1, 0.15) is 6.92 Å². The van der Waals surface area contributed by atoms with Crippen molar-refractivity contribution in [3.63, 3.8) is 0 Å². The van der Waals surface area contributed by atoms with E-state index in [9.17, 15) is 4.79 Å². The number of nitrogens with two attached hydrogens (primary N) is 1. The molecule has 0 saturated carbocycles. The Hall–Kier alpha value is -0.650. The maximum Gasteiger partial charge on any atom is 0.248 e. The number of hydrogen-bond donors (Lipinski definition) is 2. The van der Waals surface area contributed by atoms with Gasteiger partial charge in [0.2, 0.25) is 5.91 Å².